The molecule has 94 valence electrons. The van der Waals surface area contributed by atoms with Crippen molar-refractivity contribution in [3.8, 4) is 0 Å². The van der Waals surface area contributed by atoms with Gasteiger partial charge in [0.1, 0.15) is 6.23 Å². The van der Waals surface area contributed by atoms with Crippen molar-refractivity contribution in [2.75, 3.05) is 12.3 Å². The van der Waals surface area contributed by atoms with Gasteiger partial charge in [0.25, 0.3) is 0 Å². The Bertz CT molecular complexity index is 468. The van der Waals surface area contributed by atoms with E-state index in [4.69, 9.17) is 5.73 Å². The highest BCUT2D eigenvalue weighted by Gasteiger charge is 2.04. The van der Waals surface area contributed by atoms with Crippen molar-refractivity contribution in [2.24, 2.45) is 0 Å². The topological polar surface area (TPSA) is 58.3 Å². The fourth-order valence-electron chi connectivity index (χ4n) is 1.79. The number of hydrogen-bond donors (Lipinski definition) is 3. The van der Waals surface area contributed by atoms with E-state index < -0.39 is 6.23 Å². The van der Waals surface area contributed by atoms with E-state index in [9.17, 15) is 5.11 Å². The van der Waals surface area contributed by atoms with E-state index in [1.807, 2.05) is 54.6 Å². The van der Waals surface area contributed by atoms with Crippen molar-refractivity contribution in [3.05, 3.63) is 65.7 Å². The highest BCUT2D eigenvalue weighted by atomic mass is 16.3. The zero-order valence-corrected chi connectivity index (χ0v) is 10.2. The zero-order valence-electron chi connectivity index (χ0n) is 10.2. The molecule has 2 aromatic rings. The van der Waals surface area contributed by atoms with Gasteiger partial charge in [0.05, 0.1) is 0 Å². The molecule has 0 aliphatic rings. The maximum absolute atomic E-state index is 9.91. The SMILES string of the molecule is Nc1ccc(CCNC(O)c2ccccc2)cc1. The van der Waals surface area contributed by atoms with Gasteiger partial charge in [0.2, 0.25) is 0 Å². The average molecular weight is 242 g/mol. The monoisotopic (exact) mass is 242 g/mol. The number of hydrogen-bond acceptors (Lipinski definition) is 3. The summed E-state index contributed by atoms with van der Waals surface area (Å²) in [5.74, 6) is 0. The molecule has 0 heterocycles. The van der Waals surface area contributed by atoms with Crippen LogP contribution in [-0.4, -0.2) is 11.7 Å². The maximum Gasteiger partial charge on any atom is 0.131 e. The van der Waals surface area contributed by atoms with Crippen molar-refractivity contribution in [3.63, 3.8) is 0 Å². The van der Waals surface area contributed by atoms with Gasteiger partial charge in [-0.2, -0.15) is 0 Å². The second kappa shape index (κ2) is 6.19. The van der Waals surface area contributed by atoms with Gasteiger partial charge in [-0.1, -0.05) is 42.5 Å². The molecule has 0 aromatic heterocycles. The molecule has 0 bridgehead atoms. The van der Waals surface area contributed by atoms with Crippen LogP contribution in [0.1, 0.15) is 17.4 Å². The average Bonchev–Trinajstić information content (AvgIpc) is 2.42. The first-order chi connectivity index (χ1) is 8.75. The number of anilines is 1. The number of aliphatic hydroxyl groups is 1. The van der Waals surface area contributed by atoms with Gasteiger partial charge in [0.15, 0.2) is 0 Å². The predicted molar refractivity (Wildman–Crippen MR) is 74.0 cm³/mol. The number of nitrogen functional groups attached to an aromatic ring is 1. The minimum absolute atomic E-state index is 0.611. The molecule has 0 amide bonds. The minimum Gasteiger partial charge on any atom is -0.399 e. The third-order valence-electron chi connectivity index (χ3n) is 2.85. The number of nitrogens with two attached hydrogens (primary N) is 1. The lowest BCUT2D eigenvalue weighted by Gasteiger charge is -2.13. The second-order valence-corrected chi connectivity index (χ2v) is 4.26. The zero-order chi connectivity index (χ0) is 12.8. The first kappa shape index (κ1) is 12.6. The van der Waals surface area contributed by atoms with Crippen LogP contribution in [0.3, 0.4) is 0 Å². The first-order valence-corrected chi connectivity index (χ1v) is 6.06. The van der Waals surface area contributed by atoms with Crippen molar-refractivity contribution in [1.29, 1.82) is 0 Å². The number of nitrogens with one attached hydrogen (secondary N) is 1. The Morgan fingerprint density at radius 1 is 1.00 bits per heavy atom. The Morgan fingerprint density at radius 3 is 2.33 bits per heavy atom. The van der Waals surface area contributed by atoms with E-state index in [-0.39, 0.29) is 0 Å². The molecular weight excluding hydrogens is 224 g/mol. The van der Waals surface area contributed by atoms with Crippen LogP contribution < -0.4 is 11.1 Å². The summed E-state index contributed by atoms with van der Waals surface area (Å²) >= 11 is 0. The van der Waals surface area contributed by atoms with Gasteiger partial charge in [-0.25, -0.2) is 0 Å². The van der Waals surface area contributed by atoms with E-state index in [1.165, 1.54) is 5.56 Å². The molecule has 2 rings (SSSR count). The summed E-state index contributed by atoms with van der Waals surface area (Å²) in [5.41, 5.74) is 8.49. The summed E-state index contributed by atoms with van der Waals surface area (Å²) in [5, 5.41) is 13.0. The third-order valence-corrected chi connectivity index (χ3v) is 2.85. The quantitative estimate of drug-likeness (QED) is 0.556. The molecular formula is C15H18N2O. The largest absolute Gasteiger partial charge is 0.399 e. The second-order valence-electron chi connectivity index (χ2n) is 4.26. The van der Waals surface area contributed by atoms with Crippen molar-refractivity contribution in [1.82, 2.24) is 5.32 Å². The van der Waals surface area contributed by atoms with E-state index in [0.29, 0.717) is 0 Å². The van der Waals surface area contributed by atoms with E-state index in [1.54, 1.807) is 0 Å². The summed E-state index contributed by atoms with van der Waals surface area (Å²) in [4.78, 5) is 0. The van der Waals surface area contributed by atoms with Crippen LogP contribution >= 0.6 is 0 Å². The first-order valence-electron chi connectivity index (χ1n) is 6.06. The van der Waals surface area contributed by atoms with Gasteiger partial charge in [0, 0.05) is 12.2 Å². The normalized spacial score (nSPS) is 12.3. The van der Waals surface area contributed by atoms with E-state index in [0.717, 1.165) is 24.2 Å². The highest BCUT2D eigenvalue weighted by Crippen LogP contribution is 2.09. The lowest BCUT2D eigenvalue weighted by Crippen LogP contribution is -2.23. The smallest absolute Gasteiger partial charge is 0.131 e. The van der Waals surface area contributed by atoms with Gasteiger partial charge >= 0.3 is 0 Å². The van der Waals surface area contributed by atoms with Crippen molar-refractivity contribution >= 4 is 5.69 Å². The molecule has 4 N–H and O–H groups in total. The standard InChI is InChI=1S/C15H18N2O/c16-14-8-6-12(7-9-14)10-11-17-15(18)13-4-2-1-3-5-13/h1-9,15,17-18H,10-11,16H2. The molecule has 1 atom stereocenters. The van der Waals surface area contributed by atoms with Gasteiger partial charge in [-0.3, -0.25) is 5.32 Å². The molecule has 0 fully saturated rings. The molecule has 0 saturated carbocycles. The van der Waals surface area contributed by atoms with Crippen LogP contribution in [0.25, 0.3) is 0 Å². The Morgan fingerprint density at radius 2 is 1.67 bits per heavy atom. The van der Waals surface area contributed by atoms with E-state index >= 15 is 0 Å². The van der Waals surface area contributed by atoms with Crippen LogP contribution in [0.15, 0.2) is 54.6 Å². The fraction of sp³-hybridized carbons (Fsp3) is 0.200. The predicted octanol–water partition coefficient (Wildman–Crippen LogP) is 2.09. The van der Waals surface area contributed by atoms with Crippen LogP contribution in [-0.2, 0) is 6.42 Å². The molecule has 0 aliphatic heterocycles. The van der Waals surface area contributed by atoms with Gasteiger partial charge < -0.3 is 10.8 Å². The molecule has 1 unspecified atom stereocenters. The molecule has 0 aliphatic carbocycles. The molecule has 3 heteroatoms. The molecule has 18 heavy (non-hydrogen) atoms. The Hall–Kier alpha value is -1.84. The van der Waals surface area contributed by atoms with Gasteiger partial charge in [-0.15, -0.1) is 0 Å². The summed E-state index contributed by atoms with van der Waals surface area (Å²) < 4.78 is 0. The van der Waals surface area contributed by atoms with Crippen LogP contribution in [0.2, 0.25) is 0 Å². The lowest BCUT2D eigenvalue weighted by atomic mass is 10.1. The molecule has 3 nitrogen and oxygen atoms in total. The molecule has 2 aromatic carbocycles. The number of benzene rings is 2. The Kier molecular flexibility index (Phi) is 4.34. The lowest BCUT2D eigenvalue weighted by molar-refractivity contribution is 0.140. The minimum atomic E-state index is -0.611. The third kappa shape index (κ3) is 3.58. The van der Waals surface area contributed by atoms with Crippen molar-refractivity contribution < 1.29 is 5.11 Å². The highest BCUT2D eigenvalue weighted by molar-refractivity contribution is 5.39. The van der Waals surface area contributed by atoms with Crippen LogP contribution in [0.4, 0.5) is 5.69 Å². The summed E-state index contributed by atoms with van der Waals surface area (Å²) in [6, 6.07) is 17.4. The summed E-state index contributed by atoms with van der Waals surface area (Å²) in [7, 11) is 0. The number of rotatable bonds is 5. The summed E-state index contributed by atoms with van der Waals surface area (Å²) in [6.45, 7) is 0.722. The molecule has 0 radical (unpaired) electrons. The Balaban J connectivity index is 1.80. The van der Waals surface area contributed by atoms with Crippen LogP contribution in [0.5, 0.6) is 0 Å². The molecule has 0 spiro atoms. The fourth-order valence-corrected chi connectivity index (χ4v) is 1.79. The Labute approximate surface area is 107 Å². The van der Waals surface area contributed by atoms with Crippen molar-refractivity contribution in [2.45, 2.75) is 12.6 Å². The summed E-state index contributed by atoms with van der Waals surface area (Å²) in [6.07, 6.45) is 0.254. The van der Waals surface area contributed by atoms with E-state index in [2.05, 4.69) is 5.32 Å². The van der Waals surface area contributed by atoms with Gasteiger partial charge in [-0.05, 0) is 29.7 Å². The van der Waals surface area contributed by atoms with Crippen LogP contribution in [0, 0.1) is 0 Å². The molecule has 0 saturated heterocycles. The number of aliphatic hydroxyl groups excluding tert-OH is 1. The maximum atomic E-state index is 9.91.